The fourth-order valence-electron chi connectivity index (χ4n) is 2.88. The third-order valence-corrected chi connectivity index (χ3v) is 5.21. The molecule has 1 amide bonds. The summed E-state index contributed by atoms with van der Waals surface area (Å²) < 4.78 is 0. The van der Waals surface area contributed by atoms with Crippen molar-refractivity contribution in [1.82, 2.24) is 14.9 Å². The molecule has 0 bridgehead atoms. The van der Waals surface area contributed by atoms with E-state index in [1.807, 2.05) is 46.8 Å². The summed E-state index contributed by atoms with van der Waals surface area (Å²) in [6, 6.07) is 9.36. The Kier molecular flexibility index (Phi) is 5.86. The number of aromatic nitrogens is 2. The van der Waals surface area contributed by atoms with Crippen molar-refractivity contribution >= 4 is 52.1 Å². The Morgan fingerprint density at radius 2 is 1.96 bits per heavy atom. The van der Waals surface area contributed by atoms with Gasteiger partial charge in [0.2, 0.25) is 0 Å². The molecule has 4 rings (SSSR count). The maximum atomic E-state index is 12.4. The van der Waals surface area contributed by atoms with E-state index in [2.05, 4.69) is 15.3 Å². The summed E-state index contributed by atoms with van der Waals surface area (Å²) >= 11 is 7.42. The molecule has 1 aromatic carbocycles. The lowest BCUT2D eigenvalue weighted by molar-refractivity contribution is 0.0788. The van der Waals surface area contributed by atoms with Gasteiger partial charge in [0.15, 0.2) is 5.13 Å². The number of hydrogen-bond acceptors (Lipinski definition) is 4. The van der Waals surface area contributed by atoms with E-state index in [9.17, 15) is 4.79 Å². The summed E-state index contributed by atoms with van der Waals surface area (Å²) in [4.78, 5) is 22.0. The van der Waals surface area contributed by atoms with Crippen molar-refractivity contribution < 1.29 is 4.79 Å². The maximum Gasteiger partial charge on any atom is 0.270 e. The zero-order chi connectivity index (χ0) is 17.2. The minimum atomic E-state index is 0. The molecular formula is C18H18Cl2N4OS. The van der Waals surface area contributed by atoms with E-state index in [1.54, 1.807) is 0 Å². The molecule has 3 heterocycles. The third kappa shape index (κ3) is 4.03. The van der Waals surface area contributed by atoms with Crippen molar-refractivity contribution in [3.05, 3.63) is 52.6 Å². The highest BCUT2D eigenvalue weighted by Crippen LogP contribution is 2.28. The smallest absolute Gasteiger partial charge is 0.270 e. The molecule has 0 radical (unpaired) electrons. The van der Waals surface area contributed by atoms with Crippen molar-refractivity contribution in [1.29, 1.82) is 0 Å². The van der Waals surface area contributed by atoms with Gasteiger partial charge in [-0.3, -0.25) is 4.79 Å². The number of aromatic amines is 1. The van der Waals surface area contributed by atoms with E-state index >= 15 is 0 Å². The first-order valence-electron chi connectivity index (χ1n) is 8.15. The van der Waals surface area contributed by atoms with Crippen LogP contribution in [0.4, 0.5) is 10.8 Å². The number of thiazole rings is 1. The predicted octanol–water partition coefficient (Wildman–Crippen LogP) is 5.19. The fourth-order valence-corrected chi connectivity index (χ4v) is 3.74. The SMILES string of the molecule is Cl.O=C(c1cc(-c2csc(Nc3ccc(Cl)cc3)n2)c[nH]1)N1CCCC1. The summed E-state index contributed by atoms with van der Waals surface area (Å²) in [5.41, 5.74) is 3.32. The highest BCUT2D eigenvalue weighted by molar-refractivity contribution is 7.14. The first kappa shape index (κ1) is 18.8. The van der Waals surface area contributed by atoms with Crippen LogP contribution in [0.25, 0.3) is 11.3 Å². The first-order chi connectivity index (χ1) is 12.2. The second-order valence-electron chi connectivity index (χ2n) is 5.97. The van der Waals surface area contributed by atoms with Gasteiger partial charge in [-0.05, 0) is 43.2 Å². The molecule has 0 spiro atoms. The molecule has 1 saturated heterocycles. The van der Waals surface area contributed by atoms with Crippen molar-refractivity contribution in [3.63, 3.8) is 0 Å². The normalized spacial score (nSPS) is 13.5. The van der Waals surface area contributed by atoms with Gasteiger partial charge in [-0.1, -0.05) is 11.6 Å². The second kappa shape index (κ2) is 8.12. The van der Waals surface area contributed by atoms with Crippen LogP contribution in [0.15, 0.2) is 41.9 Å². The monoisotopic (exact) mass is 408 g/mol. The van der Waals surface area contributed by atoms with Crippen LogP contribution in [-0.2, 0) is 0 Å². The summed E-state index contributed by atoms with van der Waals surface area (Å²) in [6.07, 6.45) is 4.01. The van der Waals surface area contributed by atoms with Gasteiger partial charge in [-0.25, -0.2) is 4.98 Å². The summed E-state index contributed by atoms with van der Waals surface area (Å²) in [5, 5.41) is 6.74. The van der Waals surface area contributed by atoms with Crippen LogP contribution in [-0.4, -0.2) is 33.9 Å². The van der Waals surface area contributed by atoms with Crippen LogP contribution in [0.2, 0.25) is 5.02 Å². The Bertz CT molecular complexity index is 885. The van der Waals surface area contributed by atoms with Gasteiger partial charge < -0.3 is 15.2 Å². The lowest BCUT2D eigenvalue weighted by atomic mass is 10.2. The number of amides is 1. The van der Waals surface area contributed by atoms with Crippen molar-refractivity contribution in [2.24, 2.45) is 0 Å². The maximum absolute atomic E-state index is 12.4. The van der Waals surface area contributed by atoms with Gasteiger partial charge in [-0.2, -0.15) is 0 Å². The van der Waals surface area contributed by atoms with Crippen molar-refractivity contribution in [3.8, 4) is 11.3 Å². The number of rotatable bonds is 4. The lowest BCUT2D eigenvalue weighted by Crippen LogP contribution is -2.27. The Morgan fingerprint density at radius 3 is 2.69 bits per heavy atom. The zero-order valence-electron chi connectivity index (χ0n) is 13.9. The molecule has 0 unspecified atom stereocenters. The number of halogens is 2. The molecular weight excluding hydrogens is 391 g/mol. The molecule has 5 nitrogen and oxygen atoms in total. The fraction of sp³-hybridized carbons (Fsp3) is 0.222. The van der Waals surface area contributed by atoms with Gasteiger partial charge in [0.05, 0.1) is 5.69 Å². The van der Waals surface area contributed by atoms with Crippen molar-refractivity contribution in [2.75, 3.05) is 18.4 Å². The number of benzene rings is 1. The molecule has 1 aliphatic rings. The minimum Gasteiger partial charge on any atom is -0.357 e. The number of carbonyl (C=O) groups is 1. The number of nitrogens with one attached hydrogen (secondary N) is 2. The van der Waals surface area contributed by atoms with Crippen LogP contribution in [0.1, 0.15) is 23.3 Å². The number of carbonyl (C=O) groups excluding carboxylic acids is 1. The van der Waals surface area contributed by atoms with Gasteiger partial charge in [0, 0.05) is 40.9 Å². The molecule has 136 valence electrons. The molecule has 26 heavy (non-hydrogen) atoms. The highest BCUT2D eigenvalue weighted by atomic mass is 35.5. The molecule has 8 heteroatoms. The molecule has 1 aliphatic heterocycles. The quantitative estimate of drug-likeness (QED) is 0.623. The molecule has 0 aliphatic carbocycles. The van der Waals surface area contributed by atoms with E-state index in [0.29, 0.717) is 10.7 Å². The topological polar surface area (TPSA) is 61.0 Å². The van der Waals surface area contributed by atoms with Gasteiger partial charge >= 0.3 is 0 Å². The number of H-pyrrole nitrogens is 1. The largest absolute Gasteiger partial charge is 0.357 e. The summed E-state index contributed by atoms with van der Waals surface area (Å²) in [5.74, 6) is 0.0680. The van der Waals surface area contributed by atoms with Gasteiger partial charge in [0.25, 0.3) is 5.91 Å². The Labute approximate surface area is 166 Å². The van der Waals surface area contributed by atoms with Crippen LogP contribution in [0.5, 0.6) is 0 Å². The number of hydrogen-bond donors (Lipinski definition) is 2. The molecule has 2 N–H and O–H groups in total. The average Bonchev–Trinajstić information content (AvgIpc) is 3.37. The number of likely N-dealkylation sites (tertiary alicyclic amines) is 1. The first-order valence-corrected chi connectivity index (χ1v) is 9.41. The van der Waals surface area contributed by atoms with Crippen LogP contribution in [0.3, 0.4) is 0 Å². The van der Waals surface area contributed by atoms with E-state index in [0.717, 1.165) is 48.0 Å². The molecule has 0 saturated carbocycles. The summed E-state index contributed by atoms with van der Waals surface area (Å²) in [6.45, 7) is 1.69. The molecule has 1 fully saturated rings. The van der Waals surface area contributed by atoms with Crippen molar-refractivity contribution in [2.45, 2.75) is 12.8 Å². The standard InChI is InChI=1S/C18H17ClN4OS.ClH/c19-13-3-5-14(6-4-13)21-18-22-16(11-25-18)12-9-15(20-10-12)17(24)23-7-1-2-8-23;/h3-6,9-11,20H,1-2,7-8H2,(H,21,22);1H. The van der Waals surface area contributed by atoms with Gasteiger partial charge in [0.1, 0.15) is 5.69 Å². The van der Waals surface area contributed by atoms with Crippen LogP contribution >= 0.6 is 35.3 Å². The summed E-state index contributed by atoms with van der Waals surface area (Å²) in [7, 11) is 0. The number of nitrogens with zero attached hydrogens (tertiary/aromatic N) is 2. The highest BCUT2D eigenvalue weighted by Gasteiger charge is 2.21. The predicted molar refractivity (Wildman–Crippen MR) is 109 cm³/mol. The number of anilines is 2. The Hall–Kier alpha value is -2.02. The Balaban J connectivity index is 0.00000196. The van der Waals surface area contributed by atoms with Crippen LogP contribution in [0, 0.1) is 0 Å². The van der Waals surface area contributed by atoms with Gasteiger partial charge in [-0.15, -0.1) is 23.7 Å². The van der Waals surface area contributed by atoms with E-state index in [4.69, 9.17) is 11.6 Å². The van der Waals surface area contributed by atoms with E-state index in [1.165, 1.54) is 11.3 Å². The molecule has 0 atom stereocenters. The lowest BCUT2D eigenvalue weighted by Gasteiger charge is -2.13. The minimum absolute atomic E-state index is 0. The Morgan fingerprint density at radius 1 is 1.23 bits per heavy atom. The van der Waals surface area contributed by atoms with Crippen LogP contribution < -0.4 is 5.32 Å². The zero-order valence-corrected chi connectivity index (χ0v) is 16.3. The third-order valence-electron chi connectivity index (χ3n) is 4.20. The second-order valence-corrected chi connectivity index (χ2v) is 7.27. The molecule has 2 aromatic heterocycles. The van der Waals surface area contributed by atoms with E-state index < -0.39 is 0 Å². The van der Waals surface area contributed by atoms with E-state index in [-0.39, 0.29) is 18.3 Å². The molecule has 3 aromatic rings. The average molecular weight is 409 g/mol.